The Kier molecular flexibility index (Phi) is 8.00. The van der Waals surface area contributed by atoms with Crippen molar-refractivity contribution in [1.29, 1.82) is 0 Å². The number of carbonyl (C=O) groups is 1. The van der Waals surface area contributed by atoms with Crippen LogP contribution in [0.15, 0.2) is 78.2 Å². The summed E-state index contributed by atoms with van der Waals surface area (Å²) in [5.74, 6) is 1.15. The van der Waals surface area contributed by atoms with Gasteiger partial charge in [0.15, 0.2) is 11.5 Å². The lowest BCUT2D eigenvalue weighted by atomic mass is 9.93. The van der Waals surface area contributed by atoms with Gasteiger partial charge >= 0.3 is 0 Å². The molecule has 0 radical (unpaired) electrons. The third-order valence-corrected chi connectivity index (χ3v) is 6.78. The molecule has 0 atom stereocenters. The van der Waals surface area contributed by atoms with E-state index >= 15 is 0 Å². The average molecular weight is 516 g/mol. The second-order valence-electron chi connectivity index (χ2n) is 8.20. The molecule has 0 unspecified atom stereocenters. The van der Waals surface area contributed by atoms with E-state index in [1.54, 1.807) is 32.7 Å². The molecule has 7 nitrogen and oxygen atoms in total. The summed E-state index contributed by atoms with van der Waals surface area (Å²) in [6.07, 6.45) is 1.42. The van der Waals surface area contributed by atoms with E-state index in [1.165, 1.54) is 6.08 Å². The first-order valence-corrected chi connectivity index (χ1v) is 12.4. The number of primary amides is 1. The standard InChI is InChI=1S/C29H29N3O4S/c1-34-25-14-21(15-26(35-2)29(25)36-3)32-17-18-6-8-19(9-7-18)22(16-28(31)33)23-13-20(10-11-24(23)30)27-5-4-12-37-27/h4-16,32H,17,30H2,1-3H3,(H2,31,33)/b22-16+. The first-order chi connectivity index (χ1) is 17.9. The van der Waals surface area contributed by atoms with Crippen molar-refractivity contribution in [1.82, 2.24) is 0 Å². The highest BCUT2D eigenvalue weighted by molar-refractivity contribution is 7.13. The van der Waals surface area contributed by atoms with Crippen molar-refractivity contribution in [3.63, 3.8) is 0 Å². The predicted octanol–water partition coefficient (Wildman–Crippen LogP) is 5.55. The molecule has 1 aromatic heterocycles. The quantitative estimate of drug-likeness (QED) is 0.189. The highest BCUT2D eigenvalue weighted by atomic mass is 32.1. The maximum Gasteiger partial charge on any atom is 0.242 e. The summed E-state index contributed by atoms with van der Waals surface area (Å²) in [6, 6.07) is 21.5. The monoisotopic (exact) mass is 515 g/mol. The van der Waals surface area contributed by atoms with E-state index < -0.39 is 5.91 Å². The van der Waals surface area contributed by atoms with Crippen LogP contribution in [0.1, 0.15) is 16.7 Å². The molecule has 0 bridgehead atoms. The Hall–Kier alpha value is -4.43. The van der Waals surface area contributed by atoms with Crippen LogP contribution in [-0.4, -0.2) is 27.2 Å². The Balaban J connectivity index is 1.59. The van der Waals surface area contributed by atoms with E-state index in [1.807, 2.05) is 72.1 Å². The number of hydrogen-bond acceptors (Lipinski definition) is 7. The summed E-state index contributed by atoms with van der Waals surface area (Å²) in [5, 5.41) is 5.41. The number of amides is 1. The Morgan fingerprint density at radius 1 is 0.946 bits per heavy atom. The smallest absolute Gasteiger partial charge is 0.242 e. The summed E-state index contributed by atoms with van der Waals surface area (Å²) in [6.45, 7) is 0.559. The van der Waals surface area contributed by atoms with Gasteiger partial charge in [0.2, 0.25) is 11.7 Å². The van der Waals surface area contributed by atoms with Crippen molar-refractivity contribution < 1.29 is 19.0 Å². The number of anilines is 2. The van der Waals surface area contributed by atoms with Crippen LogP contribution in [-0.2, 0) is 11.3 Å². The van der Waals surface area contributed by atoms with Crippen molar-refractivity contribution in [3.05, 3.63) is 94.9 Å². The second-order valence-corrected chi connectivity index (χ2v) is 9.15. The van der Waals surface area contributed by atoms with Crippen LogP contribution in [0, 0.1) is 0 Å². The number of nitrogens with one attached hydrogen (secondary N) is 1. The lowest BCUT2D eigenvalue weighted by Crippen LogP contribution is -2.08. The van der Waals surface area contributed by atoms with Gasteiger partial charge in [-0.25, -0.2) is 0 Å². The number of carbonyl (C=O) groups excluding carboxylic acids is 1. The maximum atomic E-state index is 11.9. The number of methoxy groups -OCH3 is 3. The molecule has 1 heterocycles. The topological polar surface area (TPSA) is 109 Å². The molecular formula is C29H29N3O4S. The molecule has 8 heteroatoms. The lowest BCUT2D eigenvalue weighted by Gasteiger charge is -2.16. The maximum absolute atomic E-state index is 11.9. The molecule has 0 saturated carbocycles. The van der Waals surface area contributed by atoms with E-state index in [-0.39, 0.29) is 0 Å². The predicted molar refractivity (Wildman–Crippen MR) is 150 cm³/mol. The van der Waals surface area contributed by atoms with Crippen LogP contribution in [0.25, 0.3) is 16.0 Å². The first kappa shape index (κ1) is 25.7. The molecule has 0 saturated heterocycles. The molecule has 4 aromatic rings. The minimum Gasteiger partial charge on any atom is -0.493 e. The summed E-state index contributed by atoms with van der Waals surface area (Å²) in [5.41, 5.74) is 17.6. The fraction of sp³-hybridized carbons (Fsp3) is 0.138. The van der Waals surface area contributed by atoms with Gasteiger partial charge in [0, 0.05) is 46.6 Å². The zero-order valence-corrected chi connectivity index (χ0v) is 21.7. The number of benzene rings is 3. The molecule has 5 N–H and O–H groups in total. The van der Waals surface area contributed by atoms with Gasteiger partial charge in [0.1, 0.15) is 0 Å². The summed E-state index contributed by atoms with van der Waals surface area (Å²) in [4.78, 5) is 13.0. The molecule has 0 fully saturated rings. The van der Waals surface area contributed by atoms with E-state index in [4.69, 9.17) is 25.7 Å². The van der Waals surface area contributed by atoms with Crippen molar-refractivity contribution in [2.75, 3.05) is 32.4 Å². The first-order valence-electron chi connectivity index (χ1n) is 11.5. The minimum atomic E-state index is -0.538. The minimum absolute atomic E-state index is 0.538. The van der Waals surface area contributed by atoms with Gasteiger partial charge in [0.25, 0.3) is 0 Å². The number of nitrogen functional groups attached to an aromatic ring is 1. The third-order valence-electron chi connectivity index (χ3n) is 5.86. The normalized spacial score (nSPS) is 11.2. The van der Waals surface area contributed by atoms with E-state index in [0.29, 0.717) is 35.1 Å². The molecule has 0 spiro atoms. The van der Waals surface area contributed by atoms with Gasteiger partial charge in [-0.2, -0.15) is 0 Å². The molecular weight excluding hydrogens is 486 g/mol. The largest absolute Gasteiger partial charge is 0.493 e. The summed E-state index contributed by atoms with van der Waals surface area (Å²) < 4.78 is 16.2. The van der Waals surface area contributed by atoms with E-state index in [9.17, 15) is 4.79 Å². The Morgan fingerprint density at radius 3 is 2.22 bits per heavy atom. The van der Waals surface area contributed by atoms with Crippen LogP contribution in [0.2, 0.25) is 0 Å². The lowest BCUT2D eigenvalue weighted by molar-refractivity contribution is -0.113. The van der Waals surface area contributed by atoms with Gasteiger partial charge in [-0.15, -0.1) is 11.3 Å². The summed E-state index contributed by atoms with van der Waals surface area (Å²) >= 11 is 1.64. The van der Waals surface area contributed by atoms with Crippen molar-refractivity contribution in [3.8, 4) is 27.7 Å². The van der Waals surface area contributed by atoms with Gasteiger partial charge in [-0.3, -0.25) is 4.79 Å². The number of rotatable bonds is 10. The molecule has 0 aliphatic heterocycles. The third kappa shape index (κ3) is 5.87. The zero-order valence-electron chi connectivity index (χ0n) is 20.9. The van der Waals surface area contributed by atoms with Crippen LogP contribution < -0.4 is 31.0 Å². The molecule has 37 heavy (non-hydrogen) atoms. The molecule has 0 aliphatic carbocycles. The zero-order chi connectivity index (χ0) is 26.4. The average Bonchev–Trinajstić information content (AvgIpc) is 3.45. The Morgan fingerprint density at radius 2 is 1.65 bits per heavy atom. The van der Waals surface area contributed by atoms with E-state index in [0.717, 1.165) is 32.8 Å². The number of thiophene rings is 1. The van der Waals surface area contributed by atoms with Crippen molar-refractivity contribution >= 4 is 34.2 Å². The number of nitrogens with two attached hydrogens (primary N) is 2. The van der Waals surface area contributed by atoms with E-state index in [2.05, 4.69) is 5.32 Å². The molecule has 3 aromatic carbocycles. The molecule has 4 rings (SSSR count). The van der Waals surface area contributed by atoms with Gasteiger partial charge in [-0.1, -0.05) is 36.4 Å². The number of hydrogen-bond donors (Lipinski definition) is 3. The Bertz CT molecular complexity index is 1390. The van der Waals surface area contributed by atoms with Crippen molar-refractivity contribution in [2.24, 2.45) is 5.73 Å². The molecule has 1 amide bonds. The Labute approximate surface area is 220 Å². The number of ether oxygens (including phenoxy) is 3. The fourth-order valence-electron chi connectivity index (χ4n) is 4.03. The summed E-state index contributed by atoms with van der Waals surface area (Å²) in [7, 11) is 4.74. The highest BCUT2D eigenvalue weighted by Crippen LogP contribution is 2.40. The fourth-order valence-corrected chi connectivity index (χ4v) is 4.76. The molecule has 190 valence electrons. The van der Waals surface area contributed by atoms with Gasteiger partial charge in [0.05, 0.1) is 21.3 Å². The SMILES string of the molecule is COc1cc(NCc2ccc(/C(=C\C(N)=O)c3cc(-c4cccs4)ccc3N)cc2)cc(OC)c1OC. The van der Waals surface area contributed by atoms with Crippen LogP contribution >= 0.6 is 11.3 Å². The van der Waals surface area contributed by atoms with Gasteiger partial charge in [-0.05, 0) is 45.8 Å². The van der Waals surface area contributed by atoms with Gasteiger partial charge < -0.3 is 31.0 Å². The van der Waals surface area contributed by atoms with Crippen LogP contribution in [0.3, 0.4) is 0 Å². The van der Waals surface area contributed by atoms with Crippen LogP contribution in [0.4, 0.5) is 11.4 Å². The second kappa shape index (κ2) is 11.5. The molecule has 0 aliphatic rings. The van der Waals surface area contributed by atoms with Crippen LogP contribution in [0.5, 0.6) is 17.2 Å². The highest BCUT2D eigenvalue weighted by Gasteiger charge is 2.14. The van der Waals surface area contributed by atoms with Crippen molar-refractivity contribution in [2.45, 2.75) is 6.54 Å².